The number of aliphatic hydroxyl groups excluding tert-OH is 2. The Kier molecular flexibility index (Phi) is 5.69. The Hall–Kier alpha value is -2.12. The number of carboxylic acid groups (broad SMARTS) is 1. The van der Waals surface area contributed by atoms with Crippen molar-refractivity contribution in [1.82, 2.24) is 0 Å². The van der Waals surface area contributed by atoms with Crippen molar-refractivity contribution in [3.63, 3.8) is 0 Å². The number of aryl methyl sites for hydroxylation is 1. The molecule has 7 heteroatoms. The number of esters is 1. The molecule has 116 valence electrons. The number of aliphatic hydroxyl groups is 2. The third-order valence-electron chi connectivity index (χ3n) is 2.95. The van der Waals surface area contributed by atoms with E-state index < -0.39 is 30.6 Å². The summed E-state index contributed by atoms with van der Waals surface area (Å²) in [5.74, 6) is -1.89. The number of ether oxygens (including phenoxy) is 1. The first kappa shape index (κ1) is 16.9. The molecule has 0 radical (unpaired) electrons. The number of hydrogen-bond acceptors (Lipinski definition) is 6. The van der Waals surface area contributed by atoms with Gasteiger partial charge >= 0.3 is 11.9 Å². The smallest absolute Gasteiger partial charge is 0.337 e. The number of benzene rings is 1. The first-order valence-corrected chi connectivity index (χ1v) is 6.43. The summed E-state index contributed by atoms with van der Waals surface area (Å²) >= 11 is 0. The molecule has 5 N–H and O–H groups in total. The zero-order valence-electron chi connectivity index (χ0n) is 11.9. The van der Waals surface area contributed by atoms with Crippen LogP contribution in [0.3, 0.4) is 0 Å². The van der Waals surface area contributed by atoms with Crippen LogP contribution in [0, 0.1) is 6.92 Å². The molecule has 0 heterocycles. The van der Waals surface area contributed by atoms with E-state index in [2.05, 4.69) is 4.74 Å². The fraction of sp³-hybridized carbons (Fsp3) is 0.429. The molecule has 0 bridgehead atoms. The summed E-state index contributed by atoms with van der Waals surface area (Å²) in [5, 5.41) is 29.0. The molecular formula is C14H19NO6. The van der Waals surface area contributed by atoms with E-state index in [0.29, 0.717) is 5.56 Å². The quantitative estimate of drug-likeness (QED) is 0.447. The van der Waals surface area contributed by atoms with Crippen LogP contribution in [-0.2, 0) is 9.53 Å². The Morgan fingerprint density at radius 1 is 1.33 bits per heavy atom. The van der Waals surface area contributed by atoms with Gasteiger partial charge in [-0.05, 0) is 25.5 Å². The van der Waals surface area contributed by atoms with Crippen LogP contribution in [0.5, 0.6) is 0 Å². The van der Waals surface area contributed by atoms with Crippen LogP contribution < -0.4 is 5.73 Å². The SMILES string of the molecule is CCOC(=O)CC(O)C(O)c1cc(C)cc(C(=O)O)c1N. The molecular weight excluding hydrogens is 278 g/mol. The number of carbonyl (C=O) groups is 2. The molecule has 0 saturated carbocycles. The fourth-order valence-corrected chi connectivity index (χ4v) is 1.96. The molecule has 21 heavy (non-hydrogen) atoms. The van der Waals surface area contributed by atoms with Crippen molar-refractivity contribution >= 4 is 17.6 Å². The van der Waals surface area contributed by atoms with E-state index in [1.807, 2.05) is 0 Å². The minimum Gasteiger partial charge on any atom is -0.478 e. The van der Waals surface area contributed by atoms with E-state index >= 15 is 0 Å². The van der Waals surface area contributed by atoms with Crippen LogP contribution in [0.4, 0.5) is 5.69 Å². The Balaban J connectivity index is 3.04. The Bertz CT molecular complexity index is 543. The van der Waals surface area contributed by atoms with Crippen molar-refractivity contribution < 1.29 is 29.6 Å². The third-order valence-corrected chi connectivity index (χ3v) is 2.95. The zero-order chi connectivity index (χ0) is 16.2. The van der Waals surface area contributed by atoms with Crippen LogP contribution in [0.2, 0.25) is 0 Å². The largest absolute Gasteiger partial charge is 0.478 e. The predicted molar refractivity (Wildman–Crippen MR) is 74.8 cm³/mol. The second-order valence-corrected chi connectivity index (χ2v) is 4.64. The monoisotopic (exact) mass is 297 g/mol. The second kappa shape index (κ2) is 7.05. The molecule has 0 amide bonds. The molecule has 1 rings (SSSR count). The lowest BCUT2D eigenvalue weighted by Gasteiger charge is -2.20. The maximum atomic E-state index is 11.3. The molecule has 1 aromatic rings. The lowest BCUT2D eigenvalue weighted by molar-refractivity contribution is -0.147. The topological polar surface area (TPSA) is 130 Å². The first-order chi connectivity index (χ1) is 9.77. The van der Waals surface area contributed by atoms with Gasteiger partial charge in [0.05, 0.1) is 30.4 Å². The molecule has 0 aromatic heterocycles. The highest BCUT2D eigenvalue weighted by molar-refractivity contribution is 5.94. The van der Waals surface area contributed by atoms with E-state index in [9.17, 15) is 19.8 Å². The van der Waals surface area contributed by atoms with Gasteiger partial charge in [-0.2, -0.15) is 0 Å². The molecule has 2 atom stereocenters. The van der Waals surface area contributed by atoms with E-state index in [4.69, 9.17) is 10.8 Å². The molecule has 0 aliphatic carbocycles. The van der Waals surface area contributed by atoms with Crippen molar-refractivity contribution in [1.29, 1.82) is 0 Å². The normalized spacial score (nSPS) is 13.5. The predicted octanol–water partition coefficient (Wildman–Crippen LogP) is 0.623. The van der Waals surface area contributed by atoms with Crippen LogP contribution in [0.1, 0.15) is 40.9 Å². The van der Waals surface area contributed by atoms with Crippen LogP contribution in [0.15, 0.2) is 12.1 Å². The number of carboxylic acids is 1. The summed E-state index contributed by atoms with van der Waals surface area (Å²) in [4.78, 5) is 22.4. The molecule has 0 saturated heterocycles. The number of nitrogen functional groups attached to an aromatic ring is 1. The average molecular weight is 297 g/mol. The van der Waals surface area contributed by atoms with Crippen LogP contribution in [0.25, 0.3) is 0 Å². The Morgan fingerprint density at radius 2 is 1.95 bits per heavy atom. The third kappa shape index (κ3) is 4.17. The minimum absolute atomic E-state index is 0.0733. The van der Waals surface area contributed by atoms with Crippen LogP contribution >= 0.6 is 0 Å². The lowest BCUT2D eigenvalue weighted by Crippen LogP contribution is -2.24. The second-order valence-electron chi connectivity index (χ2n) is 4.64. The van der Waals surface area contributed by atoms with Crippen molar-refractivity contribution in [2.24, 2.45) is 0 Å². The highest BCUT2D eigenvalue weighted by Gasteiger charge is 2.26. The van der Waals surface area contributed by atoms with Gasteiger partial charge in [-0.3, -0.25) is 4.79 Å². The Morgan fingerprint density at radius 3 is 2.48 bits per heavy atom. The van der Waals surface area contributed by atoms with Crippen molar-refractivity contribution in [3.05, 3.63) is 28.8 Å². The van der Waals surface area contributed by atoms with Crippen molar-refractivity contribution in [2.75, 3.05) is 12.3 Å². The van der Waals surface area contributed by atoms with Gasteiger partial charge in [0.2, 0.25) is 0 Å². The molecule has 1 aromatic carbocycles. The van der Waals surface area contributed by atoms with Gasteiger partial charge in [0.1, 0.15) is 6.10 Å². The van der Waals surface area contributed by atoms with Gasteiger partial charge in [0, 0.05) is 5.56 Å². The molecule has 0 spiro atoms. The summed E-state index contributed by atoms with van der Waals surface area (Å²) in [7, 11) is 0. The maximum Gasteiger partial charge on any atom is 0.337 e. The molecule has 0 fully saturated rings. The van der Waals surface area contributed by atoms with Gasteiger partial charge in [-0.25, -0.2) is 4.79 Å². The molecule has 0 aliphatic heterocycles. The molecule has 0 aliphatic rings. The van der Waals surface area contributed by atoms with Gasteiger partial charge in [-0.15, -0.1) is 0 Å². The molecule has 7 nitrogen and oxygen atoms in total. The summed E-state index contributed by atoms with van der Waals surface area (Å²) in [6.07, 6.45) is -3.33. The minimum atomic E-state index is -1.48. The van der Waals surface area contributed by atoms with Gasteiger partial charge in [0.25, 0.3) is 0 Å². The van der Waals surface area contributed by atoms with Gasteiger partial charge in [-0.1, -0.05) is 6.07 Å². The van der Waals surface area contributed by atoms with Crippen LogP contribution in [-0.4, -0.2) is 40.0 Å². The lowest BCUT2D eigenvalue weighted by atomic mass is 9.95. The van der Waals surface area contributed by atoms with Gasteiger partial charge < -0.3 is 25.8 Å². The number of anilines is 1. The van der Waals surface area contributed by atoms with E-state index in [-0.39, 0.29) is 23.4 Å². The number of hydrogen-bond donors (Lipinski definition) is 4. The number of rotatable bonds is 6. The fourth-order valence-electron chi connectivity index (χ4n) is 1.96. The van der Waals surface area contributed by atoms with Crippen molar-refractivity contribution in [2.45, 2.75) is 32.5 Å². The highest BCUT2D eigenvalue weighted by Crippen LogP contribution is 2.29. The van der Waals surface area contributed by atoms with Gasteiger partial charge in [0.15, 0.2) is 0 Å². The summed E-state index contributed by atoms with van der Waals surface area (Å²) < 4.78 is 4.68. The number of aromatic carboxylic acids is 1. The molecule has 2 unspecified atom stereocenters. The van der Waals surface area contributed by atoms with E-state index in [1.165, 1.54) is 12.1 Å². The summed E-state index contributed by atoms with van der Waals surface area (Å²) in [6.45, 7) is 3.43. The maximum absolute atomic E-state index is 11.3. The van der Waals surface area contributed by atoms with Crippen molar-refractivity contribution in [3.8, 4) is 0 Å². The first-order valence-electron chi connectivity index (χ1n) is 6.43. The average Bonchev–Trinajstić information content (AvgIpc) is 2.40. The van der Waals surface area contributed by atoms with E-state index in [0.717, 1.165) is 0 Å². The Labute approximate surface area is 122 Å². The van der Waals surface area contributed by atoms with E-state index in [1.54, 1.807) is 13.8 Å². The number of nitrogens with two attached hydrogens (primary N) is 1. The highest BCUT2D eigenvalue weighted by atomic mass is 16.5. The number of carbonyl (C=O) groups excluding carboxylic acids is 1. The summed E-state index contributed by atoms with van der Waals surface area (Å²) in [6, 6.07) is 2.84. The zero-order valence-corrected chi connectivity index (χ0v) is 11.9. The summed E-state index contributed by atoms with van der Waals surface area (Å²) in [5.41, 5.74) is 6.06. The standard InChI is InChI=1S/C14H19NO6/c1-3-21-11(17)6-10(16)13(18)8-4-7(2)5-9(12(8)15)14(19)20/h4-5,10,13,16,18H,3,6,15H2,1-2H3,(H,19,20).